The molecule has 0 fully saturated rings. The molecule has 19 heavy (non-hydrogen) atoms. The Kier molecular flexibility index (Phi) is 6.29. The van der Waals surface area contributed by atoms with Gasteiger partial charge in [-0.25, -0.2) is 0 Å². The summed E-state index contributed by atoms with van der Waals surface area (Å²) in [7, 11) is 1.74. The molecule has 0 aliphatic carbocycles. The first kappa shape index (κ1) is 15.4. The molecule has 2 nitrogen and oxygen atoms in total. The van der Waals surface area contributed by atoms with Crippen molar-refractivity contribution in [2.75, 3.05) is 17.4 Å². The van der Waals surface area contributed by atoms with Crippen LogP contribution >= 0.6 is 41.9 Å². The smallest absolute Gasteiger partial charge is 0.0568 e. The highest BCUT2D eigenvalue weighted by Crippen LogP contribution is 2.35. The Labute approximate surface area is 136 Å². The second-order valence-electron chi connectivity index (χ2n) is 4.62. The summed E-state index contributed by atoms with van der Waals surface area (Å²) >= 11 is 8.51. The molecule has 0 saturated heterocycles. The van der Waals surface area contributed by atoms with Gasteiger partial charge in [0, 0.05) is 59.7 Å². The molecule has 0 N–H and O–H groups in total. The molecule has 0 saturated carbocycles. The summed E-state index contributed by atoms with van der Waals surface area (Å²) in [6, 6.07) is 6.14. The van der Waals surface area contributed by atoms with E-state index in [1.54, 1.807) is 9.12 Å². The van der Waals surface area contributed by atoms with Crippen LogP contribution in [0.3, 0.4) is 0 Å². The topological polar surface area (TPSA) is 15.6 Å². The average molecular weight is 409 g/mol. The van der Waals surface area contributed by atoms with Gasteiger partial charge in [0.25, 0.3) is 0 Å². The maximum Gasteiger partial charge on any atom is 0.0568 e. The molecule has 0 unspecified atom stereocenters. The summed E-state index contributed by atoms with van der Waals surface area (Å²) in [4.78, 5) is 4.80. The van der Waals surface area contributed by atoms with E-state index >= 15 is 0 Å². The van der Waals surface area contributed by atoms with Crippen LogP contribution in [-0.4, -0.2) is 18.8 Å². The van der Waals surface area contributed by atoms with E-state index in [1.807, 2.05) is 6.07 Å². The van der Waals surface area contributed by atoms with Crippen molar-refractivity contribution in [3.63, 3.8) is 0 Å². The number of rotatable bonds is 4. The molecule has 1 heterocycles. The molecule has 0 bridgehead atoms. The Bertz CT molecular complexity index is 465. The van der Waals surface area contributed by atoms with E-state index in [9.17, 15) is 0 Å². The first-order valence-electron chi connectivity index (χ1n) is 6.65. The number of unbranched alkanes of at least 4 members (excludes halogenated alkanes) is 1. The zero-order valence-corrected chi connectivity index (χ0v) is 14.8. The van der Waals surface area contributed by atoms with Crippen molar-refractivity contribution in [2.45, 2.75) is 32.6 Å². The van der Waals surface area contributed by atoms with Crippen molar-refractivity contribution < 1.29 is 0 Å². The van der Waals surface area contributed by atoms with Gasteiger partial charge in [-0.3, -0.25) is 4.99 Å². The van der Waals surface area contributed by atoms with Crippen LogP contribution in [0, 0.1) is 0 Å². The first-order chi connectivity index (χ1) is 9.26. The van der Waals surface area contributed by atoms with Crippen LogP contribution in [0.15, 0.2) is 23.2 Å². The summed E-state index contributed by atoms with van der Waals surface area (Å²) in [5.41, 5.74) is 3.68. The van der Waals surface area contributed by atoms with Gasteiger partial charge in [-0.05, 0) is 37.5 Å². The van der Waals surface area contributed by atoms with Crippen LogP contribution in [0.2, 0.25) is 5.02 Å². The fraction of sp³-hybridized carbons (Fsp3) is 0.500. The average Bonchev–Trinajstić information content (AvgIpc) is 2.58. The molecule has 2 rings (SSSR count). The lowest BCUT2D eigenvalue weighted by Gasteiger charge is -2.20. The van der Waals surface area contributed by atoms with Gasteiger partial charge >= 0.3 is 0 Å². The largest absolute Gasteiger partial charge is 0.307 e. The zero-order valence-electron chi connectivity index (χ0n) is 11.0. The van der Waals surface area contributed by atoms with E-state index < -0.39 is 0 Å². The van der Waals surface area contributed by atoms with E-state index in [0.717, 1.165) is 37.4 Å². The highest BCUT2D eigenvalue weighted by atomic mass is 127. The molecular formula is C14H18ClIN2S. The lowest BCUT2D eigenvalue weighted by Crippen LogP contribution is -2.13. The van der Waals surface area contributed by atoms with Crippen molar-refractivity contribution in [3.05, 3.63) is 28.8 Å². The number of anilines is 1. The minimum absolute atomic E-state index is 0.794. The molecule has 0 spiro atoms. The Morgan fingerprint density at radius 1 is 1.47 bits per heavy atom. The number of hydrogen-bond acceptors (Lipinski definition) is 3. The molecule has 5 heteroatoms. The lowest BCUT2D eigenvalue weighted by atomic mass is 10.1. The van der Waals surface area contributed by atoms with Gasteiger partial charge in [0.15, 0.2) is 0 Å². The quantitative estimate of drug-likeness (QED) is 0.370. The first-order valence-corrected chi connectivity index (χ1v) is 10.3. The van der Waals surface area contributed by atoms with Crippen molar-refractivity contribution in [3.8, 4) is 0 Å². The van der Waals surface area contributed by atoms with Gasteiger partial charge in [-0.15, -0.1) is 0 Å². The predicted molar refractivity (Wildman–Crippen MR) is 96.0 cm³/mol. The van der Waals surface area contributed by atoms with Gasteiger partial charge < -0.3 is 4.31 Å². The number of aliphatic imine (C=N–C) groups is 1. The van der Waals surface area contributed by atoms with E-state index in [1.165, 1.54) is 23.4 Å². The molecule has 0 radical (unpaired) electrons. The van der Waals surface area contributed by atoms with Gasteiger partial charge in [0.1, 0.15) is 0 Å². The summed E-state index contributed by atoms with van der Waals surface area (Å²) in [6.45, 7) is 4.19. The van der Waals surface area contributed by atoms with E-state index in [0.29, 0.717) is 0 Å². The van der Waals surface area contributed by atoms with Crippen LogP contribution < -0.4 is 4.31 Å². The van der Waals surface area contributed by atoms with E-state index in [2.05, 4.69) is 44.6 Å². The Morgan fingerprint density at radius 2 is 2.32 bits per heavy atom. The van der Waals surface area contributed by atoms with Crippen molar-refractivity contribution in [1.82, 2.24) is 0 Å². The third-order valence-corrected chi connectivity index (χ3v) is 5.42. The van der Waals surface area contributed by atoms with Crippen LogP contribution in [0.1, 0.15) is 38.2 Å². The van der Waals surface area contributed by atoms with Crippen molar-refractivity contribution in [2.24, 2.45) is 4.99 Å². The van der Waals surface area contributed by atoms with E-state index in [4.69, 9.17) is 16.6 Å². The third-order valence-electron chi connectivity index (χ3n) is 3.21. The fourth-order valence-electron chi connectivity index (χ4n) is 2.21. The van der Waals surface area contributed by atoms with Crippen LogP contribution in [0.25, 0.3) is 0 Å². The van der Waals surface area contributed by atoms with Crippen molar-refractivity contribution in [1.29, 1.82) is 0 Å². The van der Waals surface area contributed by atoms with Gasteiger partial charge in [-0.2, -0.15) is 0 Å². The van der Waals surface area contributed by atoms with Gasteiger partial charge in [-0.1, -0.05) is 24.9 Å². The molecule has 0 aromatic heterocycles. The molecule has 1 aromatic rings. The minimum Gasteiger partial charge on any atom is -0.307 e. The third kappa shape index (κ3) is 4.02. The molecule has 0 atom stereocenters. The summed E-state index contributed by atoms with van der Waals surface area (Å²) in [5, 5.41) is 0.794. The molecule has 1 aliphatic rings. The normalized spacial score (nSPS) is 17.4. The Balaban J connectivity index is 2.36. The lowest BCUT2D eigenvalue weighted by molar-refractivity contribution is 0.802. The highest BCUT2D eigenvalue weighted by molar-refractivity contribution is 14.2. The number of halogens is 2. The summed E-state index contributed by atoms with van der Waals surface area (Å²) in [6.07, 6.45) is 4.54. The van der Waals surface area contributed by atoms with Crippen LogP contribution in [-0.2, 0) is 0 Å². The second kappa shape index (κ2) is 7.74. The number of benzene rings is 1. The SMILES string of the molecule is CCCC/N=C1\CCCN(SI)c2ccc(Cl)cc21. The molecule has 1 aliphatic heterocycles. The molecule has 0 amide bonds. The predicted octanol–water partition coefficient (Wildman–Crippen LogP) is 5.53. The number of hydrogen-bond donors (Lipinski definition) is 0. The van der Waals surface area contributed by atoms with Gasteiger partial charge in [0.05, 0.1) is 5.69 Å². The van der Waals surface area contributed by atoms with Crippen molar-refractivity contribution >= 4 is 53.3 Å². The van der Waals surface area contributed by atoms with Crippen LogP contribution in [0.4, 0.5) is 5.69 Å². The maximum atomic E-state index is 6.17. The maximum absolute atomic E-state index is 6.17. The minimum atomic E-state index is 0.794. The molecule has 1 aromatic carbocycles. The Hall–Kier alpha value is 0.0600. The molecular weight excluding hydrogens is 391 g/mol. The highest BCUT2D eigenvalue weighted by Gasteiger charge is 2.19. The Morgan fingerprint density at radius 3 is 3.05 bits per heavy atom. The summed E-state index contributed by atoms with van der Waals surface area (Å²) in [5.74, 6) is 0. The zero-order chi connectivity index (χ0) is 13.7. The molecule has 104 valence electrons. The number of nitrogens with zero attached hydrogens (tertiary/aromatic N) is 2. The fourth-order valence-corrected chi connectivity index (χ4v) is 4.04. The van der Waals surface area contributed by atoms with Crippen LogP contribution in [0.5, 0.6) is 0 Å². The standard InChI is InChI=1S/C14H18ClIN2S/c1-2-3-8-17-13-5-4-9-18(19-16)14-7-6-11(15)10-12(13)14/h6-7,10H,2-5,8-9H2,1H3/b17-13+. The number of fused-ring (bicyclic) bond motifs is 1. The summed E-state index contributed by atoms with van der Waals surface area (Å²) < 4.78 is 2.33. The van der Waals surface area contributed by atoms with Gasteiger partial charge in [0.2, 0.25) is 0 Å². The monoisotopic (exact) mass is 408 g/mol. The second-order valence-corrected chi connectivity index (χ2v) is 6.82. The van der Waals surface area contributed by atoms with E-state index in [-0.39, 0.29) is 0 Å².